The molecule has 21 heavy (non-hydrogen) atoms. The summed E-state index contributed by atoms with van der Waals surface area (Å²) in [7, 11) is 0. The van der Waals surface area contributed by atoms with Crippen molar-refractivity contribution < 1.29 is 14.8 Å². The highest BCUT2D eigenvalue weighted by molar-refractivity contribution is 5.93. The summed E-state index contributed by atoms with van der Waals surface area (Å²) in [6.45, 7) is 0. The zero-order valence-corrected chi connectivity index (χ0v) is 11.1. The van der Waals surface area contributed by atoms with Crippen LogP contribution in [0.15, 0.2) is 60.7 Å². The van der Waals surface area contributed by atoms with Crippen molar-refractivity contribution in [1.82, 2.24) is 10.8 Å². The lowest BCUT2D eigenvalue weighted by Crippen LogP contribution is -2.41. The van der Waals surface area contributed by atoms with E-state index in [4.69, 9.17) is 5.21 Å². The standard InChI is InChI=1S/C15H15N3O3/c19-14(18-21)13(11-7-3-1-4-8-11)17-15(20)16-12-9-5-2-6-10-12/h1-10,13,21H,(H,18,19)(H2,16,17,20)/t13-/m0/s1. The SMILES string of the molecule is O=C(Nc1ccccc1)N[C@H](C(=O)NO)c1ccccc1. The van der Waals surface area contributed by atoms with Gasteiger partial charge in [-0.15, -0.1) is 0 Å². The molecule has 0 aliphatic rings. The largest absolute Gasteiger partial charge is 0.322 e. The third kappa shape index (κ3) is 4.05. The van der Waals surface area contributed by atoms with Gasteiger partial charge in [0.15, 0.2) is 0 Å². The van der Waals surface area contributed by atoms with Crippen molar-refractivity contribution in [2.45, 2.75) is 6.04 Å². The molecule has 6 nitrogen and oxygen atoms in total. The van der Waals surface area contributed by atoms with Crippen LogP contribution in [-0.2, 0) is 4.79 Å². The van der Waals surface area contributed by atoms with Gasteiger partial charge in [-0.3, -0.25) is 10.0 Å². The van der Waals surface area contributed by atoms with Crippen molar-refractivity contribution in [2.24, 2.45) is 0 Å². The van der Waals surface area contributed by atoms with Crippen molar-refractivity contribution >= 4 is 17.6 Å². The highest BCUT2D eigenvalue weighted by Crippen LogP contribution is 2.13. The van der Waals surface area contributed by atoms with Crippen LogP contribution in [0.4, 0.5) is 10.5 Å². The number of urea groups is 1. The van der Waals surface area contributed by atoms with E-state index in [0.717, 1.165) is 0 Å². The molecule has 108 valence electrons. The van der Waals surface area contributed by atoms with Gasteiger partial charge in [-0.1, -0.05) is 48.5 Å². The van der Waals surface area contributed by atoms with Gasteiger partial charge in [-0.05, 0) is 17.7 Å². The fourth-order valence-corrected chi connectivity index (χ4v) is 1.83. The summed E-state index contributed by atoms with van der Waals surface area (Å²) >= 11 is 0. The zero-order valence-electron chi connectivity index (χ0n) is 11.1. The van der Waals surface area contributed by atoms with Crippen molar-refractivity contribution in [3.05, 3.63) is 66.2 Å². The Kier molecular flexibility index (Phi) is 4.89. The maximum atomic E-state index is 11.9. The van der Waals surface area contributed by atoms with Crippen molar-refractivity contribution in [3.63, 3.8) is 0 Å². The van der Waals surface area contributed by atoms with Crippen LogP contribution in [0.5, 0.6) is 0 Å². The highest BCUT2D eigenvalue weighted by Gasteiger charge is 2.22. The third-order valence-electron chi connectivity index (χ3n) is 2.81. The van der Waals surface area contributed by atoms with Gasteiger partial charge in [0.25, 0.3) is 5.91 Å². The minimum Gasteiger partial charge on any atom is -0.322 e. The monoisotopic (exact) mass is 285 g/mol. The van der Waals surface area contributed by atoms with Crippen LogP contribution < -0.4 is 16.1 Å². The number of nitrogens with one attached hydrogen (secondary N) is 3. The minimum atomic E-state index is -0.986. The quantitative estimate of drug-likeness (QED) is 0.512. The maximum absolute atomic E-state index is 11.9. The van der Waals surface area contributed by atoms with Gasteiger partial charge < -0.3 is 10.6 Å². The fraction of sp³-hybridized carbons (Fsp3) is 0.0667. The first-order valence-corrected chi connectivity index (χ1v) is 6.32. The van der Waals surface area contributed by atoms with E-state index in [-0.39, 0.29) is 0 Å². The Labute approximate surface area is 121 Å². The smallest absolute Gasteiger partial charge is 0.320 e. The molecule has 2 aromatic carbocycles. The Hall–Kier alpha value is -2.86. The minimum absolute atomic E-state index is 0.543. The molecule has 0 aromatic heterocycles. The molecule has 6 heteroatoms. The molecule has 0 bridgehead atoms. The Morgan fingerprint density at radius 3 is 2.05 bits per heavy atom. The Morgan fingerprint density at radius 1 is 0.905 bits per heavy atom. The average molecular weight is 285 g/mol. The van der Waals surface area contributed by atoms with Crippen LogP contribution in [0.1, 0.15) is 11.6 Å². The van der Waals surface area contributed by atoms with Crippen LogP contribution >= 0.6 is 0 Å². The highest BCUT2D eigenvalue weighted by atomic mass is 16.5. The first kappa shape index (κ1) is 14.5. The number of hydroxylamine groups is 1. The molecule has 2 rings (SSSR count). The van der Waals surface area contributed by atoms with Crippen LogP contribution in [-0.4, -0.2) is 17.1 Å². The van der Waals surface area contributed by atoms with Crippen molar-refractivity contribution in [1.29, 1.82) is 0 Å². The van der Waals surface area contributed by atoms with Crippen LogP contribution in [0.2, 0.25) is 0 Å². The number of carbonyl (C=O) groups excluding carboxylic acids is 2. The lowest BCUT2D eigenvalue weighted by Gasteiger charge is -2.17. The predicted octanol–water partition coefficient (Wildman–Crippen LogP) is 2.05. The number of carbonyl (C=O) groups is 2. The number of hydrogen-bond donors (Lipinski definition) is 4. The van der Waals surface area contributed by atoms with Crippen LogP contribution in [0.25, 0.3) is 0 Å². The first-order chi connectivity index (χ1) is 10.2. The predicted molar refractivity (Wildman–Crippen MR) is 77.7 cm³/mol. The average Bonchev–Trinajstić information content (AvgIpc) is 2.53. The summed E-state index contributed by atoms with van der Waals surface area (Å²) in [6, 6.07) is 16.0. The number of benzene rings is 2. The summed E-state index contributed by atoms with van der Waals surface area (Å²) < 4.78 is 0. The van der Waals surface area contributed by atoms with E-state index in [1.807, 2.05) is 6.07 Å². The zero-order chi connectivity index (χ0) is 15.1. The molecule has 0 saturated heterocycles. The Morgan fingerprint density at radius 2 is 1.48 bits per heavy atom. The van der Waals surface area contributed by atoms with Crippen LogP contribution in [0.3, 0.4) is 0 Å². The second-order valence-electron chi connectivity index (χ2n) is 4.28. The summed E-state index contributed by atoms with van der Waals surface area (Å²) in [6.07, 6.45) is 0. The first-order valence-electron chi connectivity index (χ1n) is 6.32. The summed E-state index contributed by atoms with van der Waals surface area (Å²) in [5.41, 5.74) is 2.72. The Bertz CT molecular complexity index is 602. The molecule has 0 aliphatic carbocycles. The van der Waals surface area contributed by atoms with Gasteiger partial charge in [0.2, 0.25) is 0 Å². The van der Waals surface area contributed by atoms with E-state index >= 15 is 0 Å². The summed E-state index contributed by atoms with van der Waals surface area (Å²) in [5.74, 6) is -0.718. The van der Waals surface area contributed by atoms with E-state index in [0.29, 0.717) is 11.3 Å². The molecule has 0 fully saturated rings. The number of rotatable bonds is 4. The molecule has 0 spiro atoms. The van der Waals surface area contributed by atoms with Crippen molar-refractivity contribution in [3.8, 4) is 0 Å². The van der Waals surface area contributed by atoms with Gasteiger partial charge in [0.05, 0.1) is 0 Å². The van der Waals surface area contributed by atoms with Crippen LogP contribution in [0, 0.1) is 0 Å². The van der Waals surface area contributed by atoms with E-state index in [1.54, 1.807) is 60.1 Å². The van der Waals surface area contributed by atoms with E-state index in [2.05, 4.69) is 10.6 Å². The molecule has 0 unspecified atom stereocenters. The molecule has 0 saturated carbocycles. The third-order valence-corrected chi connectivity index (χ3v) is 2.81. The second-order valence-corrected chi connectivity index (χ2v) is 4.28. The number of hydrogen-bond acceptors (Lipinski definition) is 3. The van der Waals surface area contributed by atoms with E-state index in [1.165, 1.54) is 0 Å². The van der Waals surface area contributed by atoms with E-state index in [9.17, 15) is 9.59 Å². The van der Waals surface area contributed by atoms with Gasteiger partial charge in [-0.2, -0.15) is 0 Å². The molecule has 1 atom stereocenters. The van der Waals surface area contributed by atoms with E-state index < -0.39 is 18.0 Å². The number of para-hydroxylation sites is 1. The molecule has 0 heterocycles. The molecule has 0 aliphatic heterocycles. The molecular formula is C15H15N3O3. The van der Waals surface area contributed by atoms with Gasteiger partial charge >= 0.3 is 6.03 Å². The Balaban J connectivity index is 2.09. The molecule has 4 N–H and O–H groups in total. The topological polar surface area (TPSA) is 90.5 Å². The maximum Gasteiger partial charge on any atom is 0.320 e. The van der Waals surface area contributed by atoms with Gasteiger partial charge in [-0.25, -0.2) is 10.3 Å². The number of amides is 3. The molecule has 3 amide bonds. The molecular weight excluding hydrogens is 270 g/mol. The molecule has 2 aromatic rings. The summed E-state index contributed by atoms with van der Waals surface area (Å²) in [5, 5.41) is 13.9. The lowest BCUT2D eigenvalue weighted by molar-refractivity contribution is -0.131. The molecule has 0 radical (unpaired) electrons. The second kappa shape index (κ2) is 7.06. The normalized spacial score (nSPS) is 11.3. The van der Waals surface area contributed by atoms with Gasteiger partial charge in [0.1, 0.15) is 6.04 Å². The number of anilines is 1. The lowest BCUT2D eigenvalue weighted by atomic mass is 10.1. The van der Waals surface area contributed by atoms with Gasteiger partial charge in [0, 0.05) is 5.69 Å². The van der Waals surface area contributed by atoms with Crippen molar-refractivity contribution in [2.75, 3.05) is 5.32 Å². The summed E-state index contributed by atoms with van der Waals surface area (Å²) in [4.78, 5) is 23.6. The fourth-order valence-electron chi connectivity index (χ4n) is 1.83.